The molecule has 1 N–H and O–H groups in total. The zero-order valence-corrected chi connectivity index (χ0v) is 12.2. The highest BCUT2D eigenvalue weighted by atomic mass is 15.3. The fraction of sp³-hybridized carbons (Fsp3) is 0.800. The normalized spacial score (nSPS) is 28.6. The lowest BCUT2D eigenvalue weighted by Crippen LogP contribution is -2.39. The number of aryl methyl sites for hydroxylation is 2. The van der Waals surface area contributed by atoms with E-state index in [0.29, 0.717) is 6.04 Å². The smallest absolute Gasteiger partial charge is 0.0596 e. The quantitative estimate of drug-likeness (QED) is 0.889. The summed E-state index contributed by atoms with van der Waals surface area (Å²) in [6.07, 6.45) is 5.21. The topological polar surface area (TPSA) is 29.9 Å². The fourth-order valence-corrected chi connectivity index (χ4v) is 3.41. The highest BCUT2D eigenvalue weighted by Crippen LogP contribution is 2.31. The molecule has 102 valence electrons. The maximum atomic E-state index is 4.56. The van der Waals surface area contributed by atoms with Gasteiger partial charge in [-0.15, -0.1) is 0 Å². The van der Waals surface area contributed by atoms with E-state index in [9.17, 15) is 0 Å². The fourth-order valence-electron chi connectivity index (χ4n) is 3.41. The van der Waals surface area contributed by atoms with Crippen LogP contribution in [0.3, 0.4) is 0 Å². The third kappa shape index (κ3) is 2.94. The van der Waals surface area contributed by atoms with E-state index in [1.165, 1.54) is 31.4 Å². The van der Waals surface area contributed by atoms with Crippen LogP contribution in [-0.2, 0) is 13.0 Å². The molecule has 3 nitrogen and oxygen atoms in total. The monoisotopic (exact) mass is 249 g/mol. The van der Waals surface area contributed by atoms with Crippen molar-refractivity contribution >= 4 is 0 Å². The van der Waals surface area contributed by atoms with Crippen molar-refractivity contribution in [1.82, 2.24) is 15.1 Å². The predicted octanol–water partition coefficient (Wildman–Crippen LogP) is 2.78. The van der Waals surface area contributed by atoms with Gasteiger partial charge in [-0.05, 0) is 64.5 Å². The molecule has 1 heterocycles. The third-order valence-corrected chi connectivity index (χ3v) is 4.37. The van der Waals surface area contributed by atoms with E-state index < -0.39 is 0 Å². The van der Waals surface area contributed by atoms with Gasteiger partial charge in [0.1, 0.15) is 0 Å². The van der Waals surface area contributed by atoms with Crippen molar-refractivity contribution < 1.29 is 0 Å². The minimum absolute atomic E-state index is 0.682. The average molecular weight is 249 g/mol. The Balaban J connectivity index is 2.10. The molecule has 0 spiro atoms. The summed E-state index contributed by atoms with van der Waals surface area (Å²) in [6.45, 7) is 7.64. The summed E-state index contributed by atoms with van der Waals surface area (Å²) < 4.78 is 2.17. The average Bonchev–Trinajstić information content (AvgIpc) is 2.70. The van der Waals surface area contributed by atoms with E-state index in [1.807, 2.05) is 0 Å². The Kier molecular flexibility index (Phi) is 4.44. The number of rotatable bonds is 4. The van der Waals surface area contributed by atoms with Crippen molar-refractivity contribution in [2.24, 2.45) is 11.8 Å². The number of aromatic nitrogens is 2. The van der Waals surface area contributed by atoms with Crippen LogP contribution in [0.1, 0.15) is 44.5 Å². The molecule has 3 heteroatoms. The number of hydrogen-bond donors (Lipinski definition) is 1. The zero-order valence-electron chi connectivity index (χ0n) is 12.2. The van der Waals surface area contributed by atoms with Gasteiger partial charge in [0.2, 0.25) is 0 Å². The maximum absolute atomic E-state index is 4.56. The van der Waals surface area contributed by atoms with Gasteiger partial charge in [-0.2, -0.15) is 5.10 Å². The molecule has 0 aromatic carbocycles. The standard InChI is InChI=1S/C15H27N3/c1-5-18-14(9-12(3)17-18)10-13-8-11(2)6-7-15(13)16-4/h9,11,13,15-16H,5-8,10H2,1-4H3. The van der Waals surface area contributed by atoms with Crippen LogP contribution in [0.5, 0.6) is 0 Å². The SMILES string of the molecule is CCn1nc(C)cc1CC1CC(C)CCC1NC. The van der Waals surface area contributed by atoms with Gasteiger partial charge in [0, 0.05) is 18.3 Å². The molecule has 1 aromatic rings. The van der Waals surface area contributed by atoms with E-state index in [0.717, 1.165) is 24.1 Å². The van der Waals surface area contributed by atoms with Gasteiger partial charge < -0.3 is 5.32 Å². The van der Waals surface area contributed by atoms with Gasteiger partial charge in [-0.1, -0.05) is 6.92 Å². The Hall–Kier alpha value is -0.830. The predicted molar refractivity (Wildman–Crippen MR) is 75.7 cm³/mol. The second kappa shape index (κ2) is 5.87. The Morgan fingerprint density at radius 3 is 2.89 bits per heavy atom. The molecule has 1 aliphatic rings. The Bertz CT molecular complexity index is 383. The molecule has 1 aliphatic carbocycles. The molecule has 0 amide bonds. The molecule has 0 saturated heterocycles. The molecule has 0 aliphatic heterocycles. The Morgan fingerprint density at radius 1 is 1.44 bits per heavy atom. The van der Waals surface area contributed by atoms with Crippen LogP contribution in [0, 0.1) is 18.8 Å². The first-order valence-corrected chi connectivity index (χ1v) is 7.34. The highest BCUT2D eigenvalue weighted by Gasteiger charge is 2.28. The summed E-state index contributed by atoms with van der Waals surface area (Å²) >= 11 is 0. The van der Waals surface area contributed by atoms with E-state index in [2.05, 4.69) is 49.0 Å². The van der Waals surface area contributed by atoms with E-state index >= 15 is 0 Å². The van der Waals surface area contributed by atoms with Crippen LogP contribution in [0.4, 0.5) is 0 Å². The van der Waals surface area contributed by atoms with Crippen LogP contribution < -0.4 is 5.32 Å². The molecular weight excluding hydrogens is 222 g/mol. The Morgan fingerprint density at radius 2 is 2.22 bits per heavy atom. The van der Waals surface area contributed by atoms with E-state index in [4.69, 9.17) is 0 Å². The van der Waals surface area contributed by atoms with Crippen molar-refractivity contribution in [3.05, 3.63) is 17.5 Å². The van der Waals surface area contributed by atoms with Gasteiger partial charge in [0.25, 0.3) is 0 Å². The van der Waals surface area contributed by atoms with Crippen molar-refractivity contribution in [3.8, 4) is 0 Å². The Labute approximate surface area is 111 Å². The van der Waals surface area contributed by atoms with Gasteiger partial charge in [0.05, 0.1) is 5.69 Å². The second-order valence-corrected chi connectivity index (χ2v) is 5.87. The second-order valence-electron chi connectivity index (χ2n) is 5.87. The summed E-state index contributed by atoms with van der Waals surface area (Å²) in [5, 5.41) is 8.07. The van der Waals surface area contributed by atoms with Crippen LogP contribution in [0.25, 0.3) is 0 Å². The van der Waals surface area contributed by atoms with Gasteiger partial charge >= 0.3 is 0 Å². The molecule has 3 atom stereocenters. The number of nitrogens with one attached hydrogen (secondary N) is 1. The first-order chi connectivity index (χ1) is 8.63. The molecular formula is C15H27N3. The maximum Gasteiger partial charge on any atom is 0.0596 e. The first-order valence-electron chi connectivity index (χ1n) is 7.34. The first kappa shape index (κ1) is 13.6. The largest absolute Gasteiger partial charge is 0.317 e. The van der Waals surface area contributed by atoms with Crippen molar-refractivity contribution in [2.75, 3.05) is 7.05 Å². The lowest BCUT2D eigenvalue weighted by Gasteiger charge is -2.34. The summed E-state index contributed by atoms with van der Waals surface area (Å²) in [7, 11) is 2.11. The van der Waals surface area contributed by atoms with E-state index in [-0.39, 0.29) is 0 Å². The molecule has 0 radical (unpaired) electrons. The van der Waals surface area contributed by atoms with Crippen molar-refractivity contribution in [2.45, 2.75) is 59.0 Å². The highest BCUT2D eigenvalue weighted by molar-refractivity contribution is 5.10. The van der Waals surface area contributed by atoms with Gasteiger partial charge in [0.15, 0.2) is 0 Å². The lowest BCUT2D eigenvalue weighted by atomic mass is 9.76. The van der Waals surface area contributed by atoms with Gasteiger partial charge in [-0.25, -0.2) is 0 Å². The summed E-state index contributed by atoms with van der Waals surface area (Å²) in [4.78, 5) is 0. The van der Waals surface area contributed by atoms with E-state index in [1.54, 1.807) is 0 Å². The third-order valence-electron chi connectivity index (χ3n) is 4.37. The van der Waals surface area contributed by atoms with Crippen LogP contribution in [0.2, 0.25) is 0 Å². The van der Waals surface area contributed by atoms with Gasteiger partial charge in [-0.3, -0.25) is 4.68 Å². The molecule has 1 fully saturated rings. The molecule has 18 heavy (non-hydrogen) atoms. The molecule has 3 unspecified atom stereocenters. The molecule has 0 bridgehead atoms. The summed E-state index contributed by atoms with van der Waals surface area (Å²) in [6, 6.07) is 2.94. The van der Waals surface area contributed by atoms with Crippen LogP contribution in [-0.4, -0.2) is 22.9 Å². The number of nitrogens with zero attached hydrogens (tertiary/aromatic N) is 2. The molecule has 1 saturated carbocycles. The summed E-state index contributed by atoms with van der Waals surface area (Å²) in [5.41, 5.74) is 2.56. The lowest BCUT2D eigenvalue weighted by molar-refractivity contribution is 0.217. The van der Waals surface area contributed by atoms with Crippen molar-refractivity contribution in [3.63, 3.8) is 0 Å². The van der Waals surface area contributed by atoms with Crippen LogP contribution in [0.15, 0.2) is 6.07 Å². The minimum atomic E-state index is 0.682. The molecule has 1 aromatic heterocycles. The minimum Gasteiger partial charge on any atom is -0.317 e. The van der Waals surface area contributed by atoms with Crippen molar-refractivity contribution in [1.29, 1.82) is 0 Å². The number of hydrogen-bond acceptors (Lipinski definition) is 2. The summed E-state index contributed by atoms with van der Waals surface area (Å²) in [5.74, 6) is 1.64. The van der Waals surface area contributed by atoms with Crippen LogP contribution >= 0.6 is 0 Å². The molecule has 2 rings (SSSR count). The zero-order chi connectivity index (χ0) is 13.1.